The molecular formula is C16H19NO3. The van der Waals surface area contributed by atoms with Gasteiger partial charge in [0, 0.05) is 19.2 Å². The summed E-state index contributed by atoms with van der Waals surface area (Å²) >= 11 is 0. The fraction of sp³-hybridized carbons (Fsp3) is 0.375. The monoisotopic (exact) mass is 273 g/mol. The van der Waals surface area contributed by atoms with E-state index in [-0.39, 0.29) is 11.9 Å². The number of ether oxygens (including phenoxy) is 1. The van der Waals surface area contributed by atoms with E-state index >= 15 is 0 Å². The zero-order chi connectivity index (χ0) is 14.4. The number of benzene rings is 1. The lowest BCUT2D eigenvalue weighted by Gasteiger charge is -2.14. The van der Waals surface area contributed by atoms with Crippen LogP contribution in [-0.4, -0.2) is 29.9 Å². The molecule has 1 unspecified atom stereocenters. The minimum atomic E-state index is -0.468. The van der Waals surface area contributed by atoms with E-state index in [9.17, 15) is 9.59 Å². The van der Waals surface area contributed by atoms with E-state index in [1.807, 2.05) is 30.3 Å². The van der Waals surface area contributed by atoms with Gasteiger partial charge in [-0.3, -0.25) is 9.59 Å². The first-order valence-corrected chi connectivity index (χ1v) is 6.91. The molecule has 2 rings (SSSR count). The first-order valence-electron chi connectivity index (χ1n) is 6.91. The molecule has 1 aromatic carbocycles. The lowest BCUT2D eigenvalue weighted by molar-refractivity contribution is -0.143. The van der Waals surface area contributed by atoms with Gasteiger partial charge in [-0.2, -0.15) is 0 Å². The highest BCUT2D eigenvalue weighted by Gasteiger charge is 2.21. The lowest BCUT2D eigenvalue weighted by atomic mass is 9.99. The van der Waals surface area contributed by atoms with Crippen LogP contribution in [0.25, 0.3) is 0 Å². The SMILES string of the molecule is CCOC(=O)C(/C=C/N1CCCC1=O)c1ccccc1. The molecule has 0 aliphatic carbocycles. The summed E-state index contributed by atoms with van der Waals surface area (Å²) in [6, 6.07) is 9.45. The van der Waals surface area contributed by atoms with Gasteiger partial charge < -0.3 is 9.64 Å². The minimum Gasteiger partial charge on any atom is -0.465 e. The Bertz CT molecular complexity index is 496. The second kappa shape index (κ2) is 6.89. The van der Waals surface area contributed by atoms with E-state index in [4.69, 9.17) is 4.74 Å². The molecule has 0 aromatic heterocycles. The molecule has 20 heavy (non-hydrogen) atoms. The van der Waals surface area contributed by atoms with Crippen LogP contribution in [0.2, 0.25) is 0 Å². The maximum atomic E-state index is 12.1. The van der Waals surface area contributed by atoms with Crippen molar-refractivity contribution in [1.82, 2.24) is 4.90 Å². The van der Waals surface area contributed by atoms with Gasteiger partial charge in [0.2, 0.25) is 5.91 Å². The Balaban J connectivity index is 2.16. The quantitative estimate of drug-likeness (QED) is 0.774. The standard InChI is InChI=1S/C16H19NO3/c1-2-20-16(19)14(13-7-4-3-5-8-13)10-12-17-11-6-9-15(17)18/h3-5,7-8,10,12,14H,2,6,9,11H2,1H3/b12-10+. The normalized spacial score (nSPS) is 16.6. The number of amides is 1. The highest BCUT2D eigenvalue weighted by Crippen LogP contribution is 2.20. The van der Waals surface area contributed by atoms with E-state index in [1.165, 1.54) is 0 Å². The van der Waals surface area contributed by atoms with Gasteiger partial charge in [0.1, 0.15) is 5.92 Å². The van der Waals surface area contributed by atoms with Gasteiger partial charge in [-0.15, -0.1) is 0 Å². The van der Waals surface area contributed by atoms with Crippen molar-refractivity contribution in [2.24, 2.45) is 0 Å². The number of hydrogen-bond donors (Lipinski definition) is 0. The van der Waals surface area contributed by atoms with Crippen molar-refractivity contribution in [3.8, 4) is 0 Å². The molecule has 4 nitrogen and oxygen atoms in total. The maximum absolute atomic E-state index is 12.1. The van der Waals surface area contributed by atoms with E-state index in [1.54, 1.807) is 24.1 Å². The Morgan fingerprint density at radius 1 is 1.40 bits per heavy atom. The van der Waals surface area contributed by atoms with E-state index in [2.05, 4.69) is 0 Å². The van der Waals surface area contributed by atoms with Crippen molar-refractivity contribution in [1.29, 1.82) is 0 Å². The molecule has 106 valence electrons. The van der Waals surface area contributed by atoms with Gasteiger partial charge in [-0.25, -0.2) is 0 Å². The molecule has 4 heteroatoms. The van der Waals surface area contributed by atoms with E-state index < -0.39 is 5.92 Å². The second-order valence-corrected chi connectivity index (χ2v) is 4.67. The van der Waals surface area contributed by atoms with Crippen molar-refractivity contribution >= 4 is 11.9 Å². The number of rotatable bonds is 5. The first kappa shape index (κ1) is 14.3. The number of likely N-dealkylation sites (tertiary alicyclic amines) is 1. The number of hydrogen-bond acceptors (Lipinski definition) is 3. The summed E-state index contributed by atoms with van der Waals surface area (Å²) in [5, 5.41) is 0. The second-order valence-electron chi connectivity index (χ2n) is 4.67. The molecule has 1 aliphatic rings. The van der Waals surface area contributed by atoms with Crippen LogP contribution in [0.1, 0.15) is 31.2 Å². The van der Waals surface area contributed by atoms with E-state index in [0.717, 1.165) is 18.5 Å². The third-order valence-corrected chi connectivity index (χ3v) is 3.27. The molecule has 1 fully saturated rings. The number of carbonyl (C=O) groups excluding carboxylic acids is 2. The highest BCUT2D eigenvalue weighted by atomic mass is 16.5. The third-order valence-electron chi connectivity index (χ3n) is 3.27. The number of carbonyl (C=O) groups is 2. The highest BCUT2D eigenvalue weighted by molar-refractivity contribution is 5.81. The summed E-state index contributed by atoms with van der Waals surface area (Å²) in [6.45, 7) is 2.85. The van der Waals surface area contributed by atoms with Crippen LogP contribution in [0.15, 0.2) is 42.6 Å². The summed E-state index contributed by atoms with van der Waals surface area (Å²) in [7, 11) is 0. The summed E-state index contributed by atoms with van der Waals surface area (Å²) < 4.78 is 5.11. The predicted molar refractivity (Wildman–Crippen MR) is 75.9 cm³/mol. The maximum Gasteiger partial charge on any atom is 0.317 e. The Morgan fingerprint density at radius 2 is 2.15 bits per heavy atom. The molecule has 1 atom stereocenters. The topological polar surface area (TPSA) is 46.6 Å². The fourth-order valence-electron chi connectivity index (χ4n) is 2.23. The Kier molecular flexibility index (Phi) is 4.93. The van der Waals surface area contributed by atoms with Crippen molar-refractivity contribution in [2.75, 3.05) is 13.2 Å². The molecule has 0 spiro atoms. The van der Waals surface area contributed by atoms with Gasteiger partial charge in [-0.1, -0.05) is 30.3 Å². The van der Waals surface area contributed by atoms with Crippen LogP contribution in [0.4, 0.5) is 0 Å². The zero-order valence-electron chi connectivity index (χ0n) is 11.6. The predicted octanol–water partition coefficient (Wildman–Crippen LogP) is 2.47. The number of esters is 1. The smallest absolute Gasteiger partial charge is 0.317 e. The van der Waals surface area contributed by atoms with Crippen LogP contribution in [0.5, 0.6) is 0 Å². The molecule has 1 heterocycles. The zero-order valence-corrected chi connectivity index (χ0v) is 11.6. The van der Waals surface area contributed by atoms with Crippen LogP contribution in [0, 0.1) is 0 Å². The van der Waals surface area contributed by atoms with Crippen molar-refractivity contribution in [3.63, 3.8) is 0 Å². The van der Waals surface area contributed by atoms with E-state index in [0.29, 0.717) is 13.0 Å². The average Bonchev–Trinajstić information content (AvgIpc) is 2.86. The Hall–Kier alpha value is -2.10. The fourth-order valence-corrected chi connectivity index (χ4v) is 2.23. The van der Waals surface area contributed by atoms with Crippen LogP contribution in [0.3, 0.4) is 0 Å². The molecule has 0 N–H and O–H groups in total. The molecule has 1 amide bonds. The first-order chi connectivity index (χ1) is 9.72. The lowest BCUT2D eigenvalue weighted by Crippen LogP contribution is -2.19. The molecule has 0 radical (unpaired) electrons. The van der Waals surface area contributed by atoms with Gasteiger partial charge >= 0.3 is 5.97 Å². The minimum absolute atomic E-state index is 0.108. The van der Waals surface area contributed by atoms with Gasteiger partial charge in [0.25, 0.3) is 0 Å². The summed E-state index contributed by atoms with van der Waals surface area (Å²) in [4.78, 5) is 25.3. The molecule has 0 bridgehead atoms. The third kappa shape index (κ3) is 3.47. The van der Waals surface area contributed by atoms with Gasteiger partial charge in [0.15, 0.2) is 0 Å². The van der Waals surface area contributed by atoms with Crippen molar-refractivity contribution in [3.05, 3.63) is 48.2 Å². The van der Waals surface area contributed by atoms with Crippen molar-refractivity contribution < 1.29 is 14.3 Å². The van der Waals surface area contributed by atoms with Gasteiger partial charge in [0.05, 0.1) is 6.61 Å². The Morgan fingerprint density at radius 3 is 2.75 bits per heavy atom. The van der Waals surface area contributed by atoms with Crippen LogP contribution in [-0.2, 0) is 14.3 Å². The molecule has 1 aliphatic heterocycles. The average molecular weight is 273 g/mol. The summed E-state index contributed by atoms with van der Waals surface area (Å²) in [6.07, 6.45) is 4.92. The Labute approximate surface area is 119 Å². The molecule has 1 aromatic rings. The van der Waals surface area contributed by atoms with Gasteiger partial charge in [-0.05, 0) is 25.0 Å². The van der Waals surface area contributed by atoms with Crippen LogP contribution >= 0.6 is 0 Å². The van der Waals surface area contributed by atoms with Crippen LogP contribution < -0.4 is 0 Å². The molecule has 1 saturated heterocycles. The summed E-state index contributed by atoms with van der Waals surface area (Å²) in [5.74, 6) is -0.650. The van der Waals surface area contributed by atoms with Crippen molar-refractivity contribution in [2.45, 2.75) is 25.7 Å². The molecule has 0 saturated carbocycles. The number of nitrogens with zero attached hydrogens (tertiary/aromatic N) is 1. The molecular weight excluding hydrogens is 254 g/mol. The largest absolute Gasteiger partial charge is 0.465 e. The summed E-state index contributed by atoms with van der Waals surface area (Å²) in [5.41, 5.74) is 0.869.